The second-order valence-corrected chi connectivity index (χ2v) is 5.80. The van der Waals surface area contributed by atoms with Crippen molar-refractivity contribution in [2.24, 2.45) is 11.7 Å². The Morgan fingerprint density at radius 1 is 1.33 bits per heavy atom. The molecule has 1 aromatic rings. The molecule has 18 heavy (non-hydrogen) atoms. The molecular formula is C15H23ClN2. The number of rotatable bonds is 3. The minimum absolute atomic E-state index is 0.543. The van der Waals surface area contributed by atoms with E-state index in [2.05, 4.69) is 24.9 Å². The van der Waals surface area contributed by atoms with Crippen LogP contribution in [0.1, 0.15) is 38.2 Å². The van der Waals surface area contributed by atoms with Crippen molar-refractivity contribution in [1.82, 2.24) is 0 Å². The summed E-state index contributed by atoms with van der Waals surface area (Å²) in [6.07, 6.45) is 5.25. The Bertz CT molecular complexity index is 405. The van der Waals surface area contributed by atoms with Crippen molar-refractivity contribution in [3.05, 3.63) is 28.8 Å². The van der Waals surface area contributed by atoms with Crippen LogP contribution in [0.5, 0.6) is 0 Å². The van der Waals surface area contributed by atoms with Gasteiger partial charge in [-0.05, 0) is 30.4 Å². The Hall–Kier alpha value is -0.730. The summed E-state index contributed by atoms with van der Waals surface area (Å²) in [7, 11) is 2.16. The van der Waals surface area contributed by atoms with Crippen molar-refractivity contribution in [1.29, 1.82) is 0 Å². The fourth-order valence-corrected chi connectivity index (χ4v) is 3.49. The van der Waals surface area contributed by atoms with Crippen LogP contribution in [-0.2, 0) is 6.54 Å². The molecule has 2 nitrogen and oxygen atoms in total. The summed E-state index contributed by atoms with van der Waals surface area (Å²) >= 11 is 6.37. The highest BCUT2D eigenvalue weighted by Gasteiger charge is 2.27. The fourth-order valence-electron chi connectivity index (χ4n) is 3.16. The smallest absolute Gasteiger partial charge is 0.0642 e. The monoisotopic (exact) mass is 266 g/mol. The molecule has 2 unspecified atom stereocenters. The minimum atomic E-state index is 0.543. The average Bonchev–Trinajstić information content (AvgIpc) is 2.38. The number of hydrogen-bond acceptors (Lipinski definition) is 2. The largest absolute Gasteiger partial charge is 0.370 e. The molecule has 0 aliphatic heterocycles. The number of nitrogens with two attached hydrogens (primary N) is 1. The van der Waals surface area contributed by atoms with Crippen LogP contribution in [0.15, 0.2) is 18.2 Å². The molecule has 0 heterocycles. The summed E-state index contributed by atoms with van der Waals surface area (Å²) in [5.41, 5.74) is 8.10. The van der Waals surface area contributed by atoms with Gasteiger partial charge in [0, 0.05) is 19.6 Å². The van der Waals surface area contributed by atoms with Gasteiger partial charge in [-0.1, -0.05) is 43.5 Å². The molecule has 2 atom stereocenters. The molecule has 0 aromatic heterocycles. The molecule has 100 valence electrons. The third-order valence-electron chi connectivity index (χ3n) is 4.21. The molecule has 2 rings (SSSR count). The lowest BCUT2D eigenvalue weighted by atomic mass is 9.84. The zero-order chi connectivity index (χ0) is 13.1. The van der Waals surface area contributed by atoms with Crippen molar-refractivity contribution in [3.8, 4) is 0 Å². The van der Waals surface area contributed by atoms with E-state index in [1.165, 1.54) is 25.7 Å². The third-order valence-corrected chi connectivity index (χ3v) is 4.51. The van der Waals surface area contributed by atoms with E-state index in [1.807, 2.05) is 12.1 Å². The number of hydrogen-bond donors (Lipinski definition) is 1. The van der Waals surface area contributed by atoms with Crippen molar-refractivity contribution in [2.45, 2.75) is 45.2 Å². The predicted octanol–water partition coefficient (Wildman–Crippen LogP) is 3.81. The number of benzene rings is 1. The van der Waals surface area contributed by atoms with Crippen LogP contribution in [-0.4, -0.2) is 13.1 Å². The van der Waals surface area contributed by atoms with Crippen molar-refractivity contribution in [2.75, 3.05) is 11.9 Å². The first-order valence-corrected chi connectivity index (χ1v) is 7.23. The molecule has 1 aliphatic rings. The Morgan fingerprint density at radius 2 is 2.06 bits per heavy atom. The maximum Gasteiger partial charge on any atom is 0.0642 e. The molecule has 1 saturated carbocycles. The molecule has 0 spiro atoms. The summed E-state index contributed by atoms with van der Waals surface area (Å²) in [5, 5.41) is 0.818. The summed E-state index contributed by atoms with van der Waals surface area (Å²) in [4.78, 5) is 2.36. The number of anilines is 1. The highest BCUT2D eigenvalue weighted by atomic mass is 35.5. The molecule has 1 aliphatic carbocycles. The first-order chi connectivity index (χ1) is 8.65. The first-order valence-electron chi connectivity index (χ1n) is 6.85. The lowest BCUT2D eigenvalue weighted by Crippen LogP contribution is -2.39. The lowest BCUT2D eigenvalue weighted by Gasteiger charge is -2.39. The van der Waals surface area contributed by atoms with Gasteiger partial charge in [0.1, 0.15) is 0 Å². The summed E-state index contributed by atoms with van der Waals surface area (Å²) < 4.78 is 0. The van der Waals surface area contributed by atoms with Gasteiger partial charge in [0.05, 0.1) is 10.7 Å². The Labute approximate surface area is 115 Å². The van der Waals surface area contributed by atoms with Crippen LogP contribution < -0.4 is 10.6 Å². The van der Waals surface area contributed by atoms with Gasteiger partial charge in [-0.25, -0.2) is 0 Å². The van der Waals surface area contributed by atoms with Crippen molar-refractivity contribution in [3.63, 3.8) is 0 Å². The maximum atomic E-state index is 6.37. The van der Waals surface area contributed by atoms with Crippen LogP contribution in [0.4, 0.5) is 5.69 Å². The first kappa shape index (κ1) is 13.7. The van der Waals surface area contributed by atoms with Gasteiger partial charge in [-0.3, -0.25) is 0 Å². The van der Waals surface area contributed by atoms with Gasteiger partial charge in [0.15, 0.2) is 0 Å². The van der Waals surface area contributed by atoms with E-state index in [4.69, 9.17) is 17.3 Å². The number of para-hydroxylation sites is 1. The zero-order valence-electron chi connectivity index (χ0n) is 11.3. The Balaban J connectivity index is 2.29. The van der Waals surface area contributed by atoms with Gasteiger partial charge in [-0.15, -0.1) is 0 Å². The van der Waals surface area contributed by atoms with Crippen LogP contribution in [0.3, 0.4) is 0 Å². The standard InChI is InChI=1S/C15H23ClN2/c1-11-6-3-4-9-14(11)18(2)15-12(10-17)7-5-8-13(15)16/h5,7-8,11,14H,3-4,6,9-10,17H2,1-2H3. The topological polar surface area (TPSA) is 29.3 Å². The Morgan fingerprint density at radius 3 is 2.72 bits per heavy atom. The van der Waals surface area contributed by atoms with Crippen molar-refractivity contribution < 1.29 is 0 Å². The van der Waals surface area contributed by atoms with Crippen LogP contribution in [0.25, 0.3) is 0 Å². The van der Waals surface area contributed by atoms with Crippen LogP contribution >= 0.6 is 11.6 Å². The van der Waals surface area contributed by atoms with Gasteiger partial charge >= 0.3 is 0 Å². The van der Waals surface area contributed by atoms with E-state index in [0.717, 1.165) is 22.2 Å². The van der Waals surface area contributed by atoms with Crippen LogP contribution in [0.2, 0.25) is 5.02 Å². The lowest BCUT2D eigenvalue weighted by molar-refractivity contribution is 0.321. The number of halogens is 1. The van der Waals surface area contributed by atoms with E-state index in [1.54, 1.807) is 0 Å². The number of nitrogens with zero attached hydrogens (tertiary/aromatic N) is 1. The van der Waals surface area contributed by atoms with Crippen molar-refractivity contribution >= 4 is 17.3 Å². The van der Waals surface area contributed by atoms with E-state index < -0.39 is 0 Å². The van der Waals surface area contributed by atoms with E-state index in [0.29, 0.717) is 12.6 Å². The molecular weight excluding hydrogens is 244 g/mol. The summed E-state index contributed by atoms with van der Waals surface area (Å²) in [6, 6.07) is 6.60. The Kier molecular flexibility index (Phi) is 4.52. The normalized spacial score (nSPS) is 24.0. The zero-order valence-corrected chi connectivity index (χ0v) is 12.1. The molecule has 0 amide bonds. The van der Waals surface area contributed by atoms with Crippen LogP contribution in [0, 0.1) is 5.92 Å². The maximum absolute atomic E-state index is 6.37. The second kappa shape index (κ2) is 5.94. The molecule has 0 saturated heterocycles. The molecule has 1 aromatic carbocycles. The highest BCUT2D eigenvalue weighted by molar-refractivity contribution is 6.33. The molecule has 3 heteroatoms. The van der Waals surface area contributed by atoms with Gasteiger partial charge in [0.25, 0.3) is 0 Å². The second-order valence-electron chi connectivity index (χ2n) is 5.39. The van der Waals surface area contributed by atoms with E-state index >= 15 is 0 Å². The fraction of sp³-hybridized carbons (Fsp3) is 0.600. The summed E-state index contributed by atoms with van der Waals surface area (Å²) in [6.45, 7) is 2.89. The SMILES string of the molecule is CC1CCCCC1N(C)c1c(Cl)cccc1CN. The highest BCUT2D eigenvalue weighted by Crippen LogP contribution is 2.35. The molecule has 0 bridgehead atoms. The van der Waals surface area contributed by atoms with Gasteiger partial charge in [-0.2, -0.15) is 0 Å². The molecule has 2 N–H and O–H groups in total. The van der Waals surface area contributed by atoms with E-state index in [9.17, 15) is 0 Å². The van der Waals surface area contributed by atoms with Gasteiger partial charge < -0.3 is 10.6 Å². The minimum Gasteiger partial charge on any atom is -0.370 e. The summed E-state index contributed by atoms with van der Waals surface area (Å²) in [5.74, 6) is 0.727. The molecule has 0 radical (unpaired) electrons. The quantitative estimate of drug-likeness (QED) is 0.901. The van der Waals surface area contributed by atoms with Gasteiger partial charge in [0.2, 0.25) is 0 Å². The average molecular weight is 267 g/mol. The molecule has 1 fully saturated rings. The van der Waals surface area contributed by atoms with E-state index in [-0.39, 0.29) is 0 Å². The predicted molar refractivity (Wildman–Crippen MR) is 79.2 cm³/mol. The third kappa shape index (κ3) is 2.65.